The highest BCUT2D eigenvalue weighted by Crippen LogP contribution is 2.22. The van der Waals surface area contributed by atoms with Gasteiger partial charge in [-0.1, -0.05) is 6.07 Å². The van der Waals surface area contributed by atoms with Crippen molar-refractivity contribution in [2.24, 2.45) is 0 Å². The predicted molar refractivity (Wildman–Crippen MR) is 73.9 cm³/mol. The highest BCUT2D eigenvalue weighted by Gasteiger charge is 2.28. The quantitative estimate of drug-likeness (QED) is 0.506. The fourth-order valence-corrected chi connectivity index (χ4v) is 1.87. The Morgan fingerprint density at radius 2 is 2.10 bits per heavy atom. The summed E-state index contributed by atoms with van der Waals surface area (Å²) in [6.07, 6.45) is 0.948. The van der Waals surface area contributed by atoms with Gasteiger partial charge < -0.3 is 10.1 Å². The highest BCUT2D eigenvalue weighted by molar-refractivity contribution is 5.94. The number of esters is 1. The Kier molecular flexibility index (Phi) is 4.21. The fourth-order valence-electron chi connectivity index (χ4n) is 1.87. The van der Waals surface area contributed by atoms with Crippen molar-refractivity contribution in [3.63, 3.8) is 0 Å². The molecule has 0 radical (unpaired) electrons. The number of hydrogen-bond donors (Lipinski definition) is 1. The van der Waals surface area contributed by atoms with E-state index >= 15 is 0 Å². The molecule has 0 saturated heterocycles. The summed E-state index contributed by atoms with van der Waals surface area (Å²) in [6, 6.07) is 4.35. The van der Waals surface area contributed by atoms with E-state index in [4.69, 9.17) is 4.74 Å². The van der Waals surface area contributed by atoms with E-state index in [0.717, 1.165) is 12.8 Å². The Hall–Kier alpha value is -2.44. The van der Waals surface area contributed by atoms with E-state index in [0.29, 0.717) is 0 Å². The molecule has 1 amide bonds. The average molecular weight is 292 g/mol. The van der Waals surface area contributed by atoms with Gasteiger partial charge in [0.15, 0.2) is 6.10 Å². The summed E-state index contributed by atoms with van der Waals surface area (Å²) in [5.41, 5.74) is 0.164. The normalized spacial score (nSPS) is 15.1. The van der Waals surface area contributed by atoms with Crippen LogP contribution >= 0.6 is 0 Å². The number of nitrogens with one attached hydrogen (secondary N) is 1. The van der Waals surface area contributed by atoms with Crippen molar-refractivity contribution in [3.05, 3.63) is 39.4 Å². The lowest BCUT2D eigenvalue weighted by atomic mass is 10.1. The first-order valence-electron chi connectivity index (χ1n) is 6.65. The van der Waals surface area contributed by atoms with Crippen molar-refractivity contribution < 1.29 is 19.2 Å². The Morgan fingerprint density at radius 3 is 2.67 bits per heavy atom. The van der Waals surface area contributed by atoms with Crippen LogP contribution in [0.15, 0.2) is 18.2 Å². The molecule has 2 rings (SSSR count). The van der Waals surface area contributed by atoms with E-state index < -0.39 is 17.0 Å². The second-order valence-electron chi connectivity index (χ2n) is 5.04. The molecular weight excluding hydrogens is 276 g/mol. The summed E-state index contributed by atoms with van der Waals surface area (Å²) >= 11 is 0. The van der Waals surface area contributed by atoms with Crippen LogP contribution in [0, 0.1) is 17.0 Å². The first-order chi connectivity index (χ1) is 9.90. The molecule has 0 aliphatic heterocycles. The van der Waals surface area contributed by atoms with Gasteiger partial charge in [0, 0.05) is 17.7 Å². The number of rotatable bonds is 5. The van der Waals surface area contributed by atoms with E-state index in [1.165, 1.54) is 32.0 Å². The number of carbonyl (C=O) groups is 2. The summed E-state index contributed by atoms with van der Waals surface area (Å²) in [4.78, 5) is 34.0. The molecule has 1 saturated carbocycles. The standard InChI is InChI=1S/C14H16N2O5/c1-8-11(4-3-5-12(8)16(19)20)14(18)21-9(2)13(17)15-10-6-7-10/h3-5,9-10H,6-7H2,1-2H3,(H,15,17)/t9-/m1/s1. The van der Waals surface area contributed by atoms with Crippen molar-refractivity contribution in [1.29, 1.82) is 0 Å². The molecule has 0 spiro atoms. The maximum absolute atomic E-state index is 12.0. The van der Waals surface area contributed by atoms with Crippen molar-refractivity contribution >= 4 is 17.6 Å². The monoisotopic (exact) mass is 292 g/mol. The van der Waals surface area contributed by atoms with Crippen molar-refractivity contribution in [1.82, 2.24) is 5.32 Å². The number of carbonyl (C=O) groups excluding carboxylic acids is 2. The van der Waals surface area contributed by atoms with Gasteiger partial charge in [0.25, 0.3) is 11.6 Å². The molecule has 112 valence electrons. The third kappa shape index (κ3) is 3.56. The van der Waals surface area contributed by atoms with Gasteiger partial charge in [0.05, 0.1) is 10.5 Å². The van der Waals surface area contributed by atoms with E-state index in [1.807, 2.05) is 0 Å². The molecule has 1 aromatic carbocycles. The molecule has 7 nitrogen and oxygen atoms in total. The predicted octanol–water partition coefficient (Wildman–Crippen LogP) is 1.73. The second-order valence-corrected chi connectivity index (χ2v) is 5.04. The fraction of sp³-hybridized carbons (Fsp3) is 0.429. The number of amides is 1. The summed E-state index contributed by atoms with van der Waals surface area (Å²) < 4.78 is 5.07. The Morgan fingerprint density at radius 1 is 1.43 bits per heavy atom. The lowest BCUT2D eigenvalue weighted by Crippen LogP contribution is -2.37. The van der Waals surface area contributed by atoms with Crippen LogP contribution in [0.4, 0.5) is 5.69 Å². The van der Waals surface area contributed by atoms with E-state index in [9.17, 15) is 19.7 Å². The van der Waals surface area contributed by atoms with Gasteiger partial charge in [-0.3, -0.25) is 14.9 Å². The van der Waals surface area contributed by atoms with E-state index in [-0.39, 0.29) is 28.8 Å². The highest BCUT2D eigenvalue weighted by atomic mass is 16.6. The van der Waals surface area contributed by atoms with E-state index in [2.05, 4.69) is 5.32 Å². The molecule has 1 atom stereocenters. The SMILES string of the molecule is Cc1c(C(=O)O[C@H](C)C(=O)NC2CC2)cccc1[N+](=O)[O-]. The van der Waals surface area contributed by atoms with Crippen LogP contribution in [0.2, 0.25) is 0 Å². The van der Waals surface area contributed by atoms with Crippen LogP contribution in [0.5, 0.6) is 0 Å². The average Bonchev–Trinajstić information content (AvgIpc) is 3.22. The van der Waals surface area contributed by atoms with Crippen molar-refractivity contribution in [2.75, 3.05) is 0 Å². The van der Waals surface area contributed by atoms with Gasteiger partial charge in [0.2, 0.25) is 0 Å². The molecule has 7 heteroatoms. The third-order valence-electron chi connectivity index (χ3n) is 3.30. The molecule has 1 N–H and O–H groups in total. The molecule has 0 heterocycles. The van der Waals surface area contributed by atoms with Gasteiger partial charge in [-0.05, 0) is 32.8 Å². The number of nitrogens with zero attached hydrogens (tertiary/aromatic N) is 1. The molecule has 1 fully saturated rings. The largest absolute Gasteiger partial charge is 0.449 e. The van der Waals surface area contributed by atoms with Gasteiger partial charge >= 0.3 is 5.97 Å². The number of benzene rings is 1. The van der Waals surface area contributed by atoms with Gasteiger partial charge in [-0.25, -0.2) is 4.79 Å². The molecule has 1 aliphatic carbocycles. The second kappa shape index (κ2) is 5.90. The zero-order chi connectivity index (χ0) is 15.6. The van der Waals surface area contributed by atoms with E-state index in [1.54, 1.807) is 0 Å². The Balaban J connectivity index is 2.07. The summed E-state index contributed by atoms with van der Waals surface area (Å²) in [6.45, 7) is 2.95. The van der Waals surface area contributed by atoms with Crippen LogP contribution in [0.25, 0.3) is 0 Å². The maximum atomic E-state index is 12.0. The van der Waals surface area contributed by atoms with Crippen molar-refractivity contribution in [2.45, 2.75) is 38.8 Å². The minimum Gasteiger partial charge on any atom is -0.449 e. The van der Waals surface area contributed by atoms with Gasteiger partial charge in [0.1, 0.15) is 0 Å². The lowest BCUT2D eigenvalue weighted by Gasteiger charge is -2.14. The number of ether oxygens (including phenoxy) is 1. The van der Waals surface area contributed by atoms with Gasteiger partial charge in [-0.15, -0.1) is 0 Å². The van der Waals surface area contributed by atoms with Gasteiger partial charge in [-0.2, -0.15) is 0 Å². The number of nitro benzene ring substituents is 1. The number of hydrogen-bond acceptors (Lipinski definition) is 5. The minimum atomic E-state index is -0.934. The molecule has 0 bridgehead atoms. The minimum absolute atomic E-state index is 0.0928. The maximum Gasteiger partial charge on any atom is 0.339 e. The molecule has 0 aromatic heterocycles. The zero-order valence-corrected chi connectivity index (χ0v) is 11.8. The van der Waals surface area contributed by atoms with Crippen LogP contribution in [-0.2, 0) is 9.53 Å². The summed E-state index contributed by atoms with van der Waals surface area (Å²) in [5.74, 6) is -1.09. The Bertz CT molecular complexity index is 595. The lowest BCUT2D eigenvalue weighted by molar-refractivity contribution is -0.385. The van der Waals surface area contributed by atoms with Crippen molar-refractivity contribution in [3.8, 4) is 0 Å². The first-order valence-corrected chi connectivity index (χ1v) is 6.65. The van der Waals surface area contributed by atoms with Crippen LogP contribution in [-0.4, -0.2) is 28.9 Å². The molecule has 1 aromatic rings. The summed E-state index contributed by atoms with van der Waals surface area (Å²) in [5, 5.41) is 13.6. The smallest absolute Gasteiger partial charge is 0.339 e. The molecule has 1 aliphatic rings. The van der Waals surface area contributed by atoms with Crippen LogP contribution < -0.4 is 5.32 Å². The van der Waals surface area contributed by atoms with Crippen LogP contribution in [0.3, 0.4) is 0 Å². The first kappa shape index (κ1) is 15.0. The van der Waals surface area contributed by atoms with Crippen LogP contribution in [0.1, 0.15) is 35.7 Å². The zero-order valence-electron chi connectivity index (χ0n) is 11.8. The molecular formula is C14H16N2O5. The Labute approximate surface area is 121 Å². The summed E-state index contributed by atoms with van der Waals surface area (Å²) in [7, 11) is 0. The molecule has 21 heavy (non-hydrogen) atoms. The topological polar surface area (TPSA) is 98.5 Å². The molecule has 0 unspecified atom stereocenters. The third-order valence-corrected chi connectivity index (χ3v) is 3.30. The number of nitro groups is 1.